The van der Waals surface area contributed by atoms with Crippen LogP contribution < -0.4 is 64.6 Å². The summed E-state index contributed by atoms with van der Waals surface area (Å²) in [4.78, 5) is 109. The Morgan fingerprint density at radius 2 is 0.730 bits per heavy atom. The van der Waals surface area contributed by atoms with Crippen molar-refractivity contribution < 1.29 is 91.5 Å². The van der Waals surface area contributed by atoms with Gasteiger partial charge in [0, 0.05) is 84.0 Å². The van der Waals surface area contributed by atoms with Crippen molar-refractivity contribution in [2.75, 3.05) is 165 Å². The Balaban J connectivity index is 3.88. The van der Waals surface area contributed by atoms with Crippen LogP contribution in [0.4, 0.5) is 0 Å². The summed E-state index contributed by atoms with van der Waals surface area (Å²) in [7, 11) is 0. The highest BCUT2D eigenvalue weighted by Crippen LogP contribution is 2.12. The summed E-state index contributed by atoms with van der Waals surface area (Å²) in [5.74, 6) is -3.19. The van der Waals surface area contributed by atoms with Crippen molar-refractivity contribution >= 4 is 64.6 Å². The van der Waals surface area contributed by atoms with Crippen molar-refractivity contribution in [1.82, 2.24) is 53.2 Å². The van der Waals surface area contributed by atoms with Crippen LogP contribution >= 0.6 is 0 Å². The first-order valence-electron chi connectivity index (χ1n) is 30.2. The molecule has 33 heteroatoms. The van der Waals surface area contributed by atoms with Gasteiger partial charge in [0.1, 0.15) is 26.4 Å². The van der Waals surface area contributed by atoms with E-state index in [0.29, 0.717) is 69.6 Å². The van der Waals surface area contributed by atoms with Gasteiger partial charge in [0.05, 0.1) is 114 Å². The fraction of sp³-hybridized carbons (Fsp3) is 0.804. The standard InChI is InChI=1S/C56H106N14O19/c1-42(69-80)55(3,4)66-35-45(36-67-56(5,6)43(2)70-81)68-49(74)15-10-14-46(71)59-17-8-7-11-44(54(58)79)16-18-60-50(75)37-86-31-29-84-25-21-63-51(76)38-87-32-27-82-23-19-61-47(72)12-9-13-48(73)62-20-24-83-28-33-88-39-52(77)64-22-26-85-30-34-89-40-53(78)65-41-57/h44-45,66-67,80-81H,7-41,57H2,1-6H3,(H2,58,79)(H,59,71)(H,60,75)(H,61,72)(H,62,73)(H,63,76)(H,64,77)(H,65,78)(H,68,74)/b69-42+,70-43+/t44-/m1/s1. The summed E-state index contributed by atoms with van der Waals surface area (Å²) in [5.41, 5.74) is 10.4. The Morgan fingerprint density at radius 1 is 0.404 bits per heavy atom. The number of primary amides is 1. The maximum absolute atomic E-state index is 12.9. The van der Waals surface area contributed by atoms with Gasteiger partial charge in [-0.3, -0.25) is 43.2 Å². The van der Waals surface area contributed by atoms with E-state index >= 15 is 0 Å². The number of oxime groups is 2. The van der Waals surface area contributed by atoms with E-state index in [1.807, 2.05) is 27.7 Å². The van der Waals surface area contributed by atoms with E-state index in [2.05, 4.69) is 63.5 Å². The predicted octanol–water partition coefficient (Wildman–Crippen LogP) is -3.23. The molecule has 0 aliphatic rings. The number of unbranched alkanes of at least 4 members (excludes halogenated alkanes) is 1. The summed E-state index contributed by atoms with van der Waals surface area (Å²) in [6, 6.07) is -0.390. The summed E-state index contributed by atoms with van der Waals surface area (Å²) < 4.78 is 42.5. The number of hydrogen-bond donors (Lipinski definition) is 14. The van der Waals surface area contributed by atoms with Gasteiger partial charge in [0.15, 0.2) is 0 Å². The number of nitrogens with two attached hydrogens (primary N) is 2. The molecule has 9 amide bonds. The highest BCUT2D eigenvalue weighted by molar-refractivity contribution is 5.90. The second-order valence-electron chi connectivity index (χ2n) is 21.3. The number of carbonyl (C=O) groups is 9. The topological polar surface area (TPSA) is 465 Å². The molecule has 0 saturated carbocycles. The Bertz CT molecular complexity index is 2040. The van der Waals surface area contributed by atoms with E-state index in [1.165, 1.54) is 0 Å². The van der Waals surface area contributed by atoms with Crippen LogP contribution in [-0.2, 0) is 81.0 Å². The normalized spacial score (nSPS) is 12.6. The van der Waals surface area contributed by atoms with Gasteiger partial charge >= 0.3 is 0 Å². The van der Waals surface area contributed by atoms with E-state index in [0.717, 1.165) is 0 Å². The molecule has 0 heterocycles. The van der Waals surface area contributed by atoms with Crippen molar-refractivity contribution in [2.24, 2.45) is 27.7 Å². The highest BCUT2D eigenvalue weighted by Gasteiger charge is 2.27. The third-order valence-electron chi connectivity index (χ3n) is 13.2. The molecule has 0 aliphatic carbocycles. The van der Waals surface area contributed by atoms with Crippen LogP contribution in [0.3, 0.4) is 0 Å². The molecule has 16 N–H and O–H groups in total. The van der Waals surface area contributed by atoms with E-state index in [4.69, 9.17) is 49.4 Å². The van der Waals surface area contributed by atoms with Crippen LogP contribution in [0, 0.1) is 5.92 Å². The number of nitrogens with zero attached hydrogens (tertiary/aromatic N) is 2. The molecule has 0 aromatic rings. The molecule has 0 aliphatic heterocycles. The van der Waals surface area contributed by atoms with Gasteiger partial charge in [-0.1, -0.05) is 16.7 Å². The van der Waals surface area contributed by atoms with E-state index in [1.54, 1.807) is 13.8 Å². The molecule has 0 radical (unpaired) electrons. The second kappa shape index (κ2) is 53.6. The minimum absolute atomic E-state index is 0.0408. The number of nitrogens with one attached hydrogen (secondary N) is 10. The maximum Gasteiger partial charge on any atom is 0.246 e. The van der Waals surface area contributed by atoms with E-state index < -0.39 is 22.9 Å². The average molecular weight is 1280 g/mol. The van der Waals surface area contributed by atoms with Gasteiger partial charge in [0.2, 0.25) is 53.2 Å². The van der Waals surface area contributed by atoms with Gasteiger partial charge in [-0.2, -0.15) is 0 Å². The molecule has 0 saturated heterocycles. The number of ether oxygens (including phenoxy) is 8. The maximum atomic E-state index is 12.9. The van der Waals surface area contributed by atoms with Crippen molar-refractivity contribution in [3.05, 3.63) is 0 Å². The zero-order valence-electron chi connectivity index (χ0n) is 53.3. The molecular formula is C56H106N14O19. The highest BCUT2D eigenvalue weighted by atomic mass is 16.5. The molecule has 33 nitrogen and oxygen atoms in total. The van der Waals surface area contributed by atoms with Gasteiger partial charge in [0.25, 0.3) is 0 Å². The summed E-state index contributed by atoms with van der Waals surface area (Å²) in [6.45, 7) is 15.0. The molecular weight excluding hydrogens is 1170 g/mol. The zero-order valence-corrected chi connectivity index (χ0v) is 53.3. The lowest BCUT2D eigenvalue weighted by Gasteiger charge is -2.32. The van der Waals surface area contributed by atoms with Crippen molar-refractivity contribution in [3.8, 4) is 0 Å². The van der Waals surface area contributed by atoms with E-state index in [9.17, 15) is 53.6 Å². The first-order chi connectivity index (χ1) is 42.6. The smallest absolute Gasteiger partial charge is 0.246 e. The monoisotopic (exact) mass is 1280 g/mol. The predicted molar refractivity (Wildman–Crippen MR) is 327 cm³/mol. The quantitative estimate of drug-likeness (QED) is 0.00936. The fourth-order valence-electron chi connectivity index (χ4n) is 7.29. The average Bonchev–Trinajstić information content (AvgIpc) is 3.41. The molecule has 0 rings (SSSR count). The number of amides is 9. The third kappa shape index (κ3) is 49.2. The molecule has 89 heavy (non-hydrogen) atoms. The van der Waals surface area contributed by atoms with Gasteiger partial charge < -0.3 is 113 Å². The first-order valence-corrected chi connectivity index (χ1v) is 30.2. The van der Waals surface area contributed by atoms with Crippen molar-refractivity contribution in [2.45, 2.75) is 123 Å². The minimum atomic E-state index is -0.652. The molecule has 0 spiro atoms. The fourth-order valence-corrected chi connectivity index (χ4v) is 7.29. The Kier molecular flexibility index (Phi) is 49.8. The number of rotatable bonds is 59. The molecule has 1 atom stereocenters. The molecule has 0 unspecified atom stereocenters. The Hall–Kier alpha value is -6.27. The SMILES string of the molecule is C/C(=N\O)C(C)(C)NCC(CNC(C)(C)/C(C)=N/O)NC(=O)CCCC(=O)NCCCC[C@H](CCNC(=O)COCCOCCNC(=O)COCCOCCNC(=O)CCCC(=O)NCCOCCOCC(=O)NCCOCCOCC(=O)NCN)C(N)=O. The zero-order chi connectivity index (χ0) is 66.4. The molecule has 0 bridgehead atoms. The molecule has 514 valence electrons. The van der Waals surface area contributed by atoms with Crippen LogP contribution in [0.25, 0.3) is 0 Å². The first kappa shape index (κ1) is 82.7. The van der Waals surface area contributed by atoms with Crippen LogP contribution in [0.15, 0.2) is 10.3 Å². The third-order valence-corrected chi connectivity index (χ3v) is 13.2. The van der Waals surface area contributed by atoms with Crippen LogP contribution in [0.2, 0.25) is 0 Å². The molecule has 0 aromatic heterocycles. The van der Waals surface area contributed by atoms with Crippen molar-refractivity contribution in [1.29, 1.82) is 0 Å². The summed E-state index contributed by atoms with van der Waals surface area (Å²) in [5, 5.41) is 53.3. The lowest BCUT2D eigenvalue weighted by molar-refractivity contribution is -0.127. The number of carbonyl (C=O) groups excluding carboxylic acids is 9. The van der Waals surface area contributed by atoms with Gasteiger partial charge in [-0.15, -0.1) is 0 Å². The minimum Gasteiger partial charge on any atom is -0.411 e. The molecule has 0 aromatic carbocycles. The van der Waals surface area contributed by atoms with Crippen molar-refractivity contribution in [3.63, 3.8) is 0 Å². The van der Waals surface area contributed by atoms with E-state index in [-0.39, 0.29) is 224 Å². The van der Waals surface area contributed by atoms with Crippen LogP contribution in [0.1, 0.15) is 106 Å². The Labute approximate surface area is 523 Å². The van der Waals surface area contributed by atoms with Crippen LogP contribution in [-0.4, -0.2) is 257 Å². The van der Waals surface area contributed by atoms with Crippen LogP contribution in [0.5, 0.6) is 0 Å². The number of hydrogen-bond acceptors (Lipinski definition) is 24. The Morgan fingerprint density at radius 3 is 1.09 bits per heavy atom. The largest absolute Gasteiger partial charge is 0.411 e. The lowest BCUT2D eigenvalue weighted by Crippen LogP contribution is -2.57. The summed E-state index contributed by atoms with van der Waals surface area (Å²) >= 11 is 0. The summed E-state index contributed by atoms with van der Waals surface area (Å²) in [6.07, 6.45) is 3.30. The van der Waals surface area contributed by atoms with Gasteiger partial charge in [-0.05, 0) is 73.6 Å². The lowest BCUT2D eigenvalue weighted by atomic mass is 9.97. The molecule has 0 fully saturated rings. The second-order valence-corrected chi connectivity index (χ2v) is 21.3. The van der Waals surface area contributed by atoms with Gasteiger partial charge in [-0.25, -0.2) is 0 Å².